The number of thiophene rings is 1. The molecule has 1 unspecified atom stereocenters. The first kappa shape index (κ1) is 11.2. The molecule has 0 spiro atoms. The maximum absolute atomic E-state index is 10.8. The predicted molar refractivity (Wildman–Crippen MR) is 54.5 cm³/mol. The van der Waals surface area contributed by atoms with Gasteiger partial charge in [-0.2, -0.15) is 0 Å². The van der Waals surface area contributed by atoms with E-state index >= 15 is 0 Å². The van der Waals surface area contributed by atoms with Gasteiger partial charge in [0.15, 0.2) is 0 Å². The number of aromatic carboxylic acids is 1. The molecule has 1 aromatic heterocycles. The molecule has 0 aliphatic rings. The van der Waals surface area contributed by atoms with E-state index in [4.69, 9.17) is 10.8 Å². The fraction of sp³-hybridized carbons (Fsp3) is 0.444. The van der Waals surface area contributed by atoms with Gasteiger partial charge in [0.2, 0.25) is 0 Å². The van der Waals surface area contributed by atoms with Gasteiger partial charge in [-0.25, -0.2) is 4.79 Å². The van der Waals surface area contributed by atoms with Gasteiger partial charge in [0.25, 0.3) is 0 Å². The summed E-state index contributed by atoms with van der Waals surface area (Å²) in [6.07, 6.45) is -0.950. The van der Waals surface area contributed by atoms with Crippen molar-refractivity contribution in [2.24, 2.45) is 5.73 Å². The molecular weight excluding hydrogens is 202 g/mol. The molecule has 0 aliphatic heterocycles. The lowest BCUT2D eigenvalue weighted by Crippen LogP contribution is -2.39. The molecule has 0 bridgehead atoms. The highest BCUT2D eigenvalue weighted by Gasteiger charge is 2.29. The Balaban J connectivity index is 3.07. The Labute approximate surface area is 86.0 Å². The Hall–Kier alpha value is -0.910. The van der Waals surface area contributed by atoms with Crippen molar-refractivity contribution in [2.45, 2.75) is 25.5 Å². The highest BCUT2D eigenvalue weighted by atomic mass is 32.1. The highest BCUT2D eigenvalue weighted by molar-refractivity contribution is 7.10. The minimum Gasteiger partial charge on any atom is -0.478 e. The van der Waals surface area contributed by atoms with E-state index in [0.717, 1.165) is 0 Å². The Kier molecular flexibility index (Phi) is 2.94. The van der Waals surface area contributed by atoms with Crippen molar-refractivity contribution in [2.75, 3.05) is 0 Å². The van der Waals surface area contributed by atoms with Gasteiger partial charge in [0.1, 0.15) is 6.10 Å². The number of aliphatic hydroxyl groups excluding tert-OH is 1. The molecule has 4 N–H and O–H groups in total. The van der Waals surface area contributed by atoms with E-state index in [1.807, 2.05) is 0 Å². The summed E-state index contributed by atoms with van der Waals surface area (Å²) in [5.74, 6) is -1.04. The fourth-order valence-corrected chi connectivity index (χ4v) is 2.11. The summed E-state index contributed by atoms with van der Waals surface area (Å²) in [7, 11) is 0. The van der Waals surface area contributed by atoms with Crippen LogP contribution in [-0.2, 0) is 0 Å². The number of aliphatic hydroxyl groups is 1. The summed E-state index contributed by atoms with van der Waals surface area (Å²) in [6, 6.07) is 1.47. The zero-order valence-corrected chi connectivity index (χ0v) is 8.84. The minimum absolute atomic E-state index is 0.126. The molecule has 1 aromatic rings. The zero-order valence-electron chi connectivity index (χ0n) is 8.02. The second kappa shape index (κ2) is 3.68. The monoisotopic (exact) mass is 215 g/mol. The van der Waals surface area contributed by atoms with Crippen molar-refractivity contribution in [1.82, 2.24) is 0 Å². The van der Waals surface area contributed by atoms with Crippen LogP contribution < -0.4 is 5.73 Å². The summed E-state index contributed by atoms with van der Waals surface area (Å²) < 4.78 is 0. The van der Waals surface area contributed by atoms with Crippen molar-refractivity contribution < 1.29 is 15.0 Å². The normalized spacial score (nSPS) is 14.0. The molecular formula is C9H13NO3S. The van der Waals surface area contributed by atoms with Crippen LogP contribution in [0.3, 0.4) is 0 Å². The van der Waals surface area contributed by atoms with Crippen LogP contribution in [0.25, 0.3) is 0 Å². The SMILES string of the molecule is CC(C)(N)C(O)c1sccc1C(=O)O. The van der Waals surface area contributed by atoms with Gasteiger partial charge in [-0.15, -0.1) is 11.3 Å². The second-order valence-corrected chi connectivity index (χ2v) is 4.68. The molecule has 0 saturated carbocycles. The van der Waals surface area contributed by atoms with Gasteiger partial charge in [-0.1, -0.05) is 0 Å². The summed E-state index contributed by atoms with van der Waals surface area (Å²) >= 11 is 1.20. The van der Waals surface area contributed by atoms with Crippen LogP contribution in [0.1, 0.15) is 35.2 Å². The van der Waals surface area contributed by atoms with E-state index in [1.165, 1.54) is 17.4 Å². The van der Waals surface area contributed by atoms with E-state index in [1.54, 1.807) is 19.2 Å². The standard InChI is InChI=1S/C9H13NO3S/c1-9(2,10)7(11)6-5(8(12)13)3-4-14-6/h3-4,7,11H,10H2,1-2H3,(H,12,13). The molecule has 78 valence electrons. The molecule has 0 saturated heterocycles. The minimum atomic E-state index is -1.04. The maximum Gasteiger partial charge on any atom is 0.336 e. The smallest absolute Gasteiger partial charge is 0.336 e. The lowest BCUT2D eigenvalue weighted by molar-refractivity contribution is 0.0680. The lowest BCUT2D eigenvalue weighted by Gasteiger charge is -2.25. The number of carboxylic acids is 1. The Morgan fingerprint density at radius 3 is 2.64 bits per heavy atom. The van der Waals surface area contributed by atoms with Crippen molar-refractivity contribution in [3.63, 3.8) is 0 Å². The average Bonchev–Trinajstić information content (AvgIpc) is 2.48. The molecule has 5 heteroatoms. The third-order valence-corrected chi connectivity index (χ3v) is 2.85. The van der Waals surface area contributed by atoms with Crippen molar-refractivity contribution in [1.29, 1.82) is 0 Å². The van der Waals surface area contributed by atoms with Crippen molar-refractivity contribution in [3.8, 4) is 0 Å². The molecule has 0 aromatic carbocycles. The third-order valence-electron chi connectivity index (χ3n) is 1.88. The topological polar surface area (TPSA) is 83.5 Å². The van der Waals surface area contributed by atoms with Crippen LogP contribution >= 0.6 is 11.3 Å². The number of nitrogens with two attached hydrogens (primary N) is 1. The molecule has 1 heterocycles. The Morgan fingerprint density at radius 2 is 2.21 bits per heavy atom. The van der Waals surface area contributed by atoms with Crippen LogP contribution in [-0.4, -0.2) is 21.7 Å². The highest BCUT2D eigenvalue weighted by Crippen LogP contribution is 2.30. The molecule has 0 amide bonds. The number of carboxylic acid groups (broad SMARTS) is 1. The summed E-state index contributed by atoms with van der Waals surface area (Å²) in [6.45, 7) is 3.31. The first-order valence-electron chi connectivity index (χ1n) is 4.11. The summed E-state index contributed by atoms with van der Waals surface area (Å²) in [5, 5.41) is 20.3. The first-order valence-corrected chi connectivity index (χ1v) is 4.99. The maximum atomic E-state index is 10.8. The van der Waals surface area contributed by atoms with Crippen LogP contribution in [0.5, 0.6) is 0 Å². The molecule has 1 atom stereocenters. The Morgan fingerprint density at radius 1 is 1.64 bits per heavy atom. The van der Waals surface area contributed by atoms with Crippen molar-refractivity contribution in [3.05, 3.63) is 21.9 Å². The number of hydrogen-bond donors (Lipinski definition) is 3. The average molecular weight is 215 g/mol. The van der Waals surface area contributed by atoms with Gasteiger partial charge in [0.05, 0.1) is 5.56 Å². The quantitative estimate of drug-likeness (QED) is 0.707. The number of rotatable bonds is 3. The summed E-state index contributed by atoms with van der Waals surface area (Å²) in [5.41, 5.74) is 4.99. The predicted octanol–water partition coefficient (Wildman–Crippen LogP) is 1.22. The van der Waals surface area contributed by atoms with Gasteiger partial charge in [-0.05, 0) is 25.3 Å². The number of hydrogen-bond acceptors (Lipinski definition) is 4. The molecule has 4 nitrogen and oxygen atoms in total. The van der Waals surface area contributed by atoms with E-state index in [-0.39, 0.29) is 5.56 Å². The van der Waals surface area contributed by atoms with Gasteiger partial charge < -0.3 is 15.9 Å². The van der Waals surface area contributed by atoms with Crippen LogP contribution in [0.2, 0.25) is 0 Å². The molecule has 0 aliphatic carbocycles. The van der Waals surface area contributed by atoms with E-state index in [2.05, 4.69) is 0 Å². The fourth-order valence-electron chi connectivity index (χ4n) is 1.05. The van der Waals surface area contributed by atoms with Crippen LogP contribution in [0, 0.1) is 0 Å². The number of carbonyl (C=O) groups is 1. The zero-order chi connectivity index (χ0) is 10.9. The largest absolute Gasteiger partial charge is 0.478 e. The van der Waals surface area contributed by atoms with E-state index < -0.39 is 17.6 Å². The van der Waals surface area contributed by atoms with Gasteiger partial charge >= 0.3 is 5.97 Å². The molecule has 14 heavy (non-hydrogen) atoms. The molecule has 0 fully saturated rings. The van der Waals surface area contributed by atoms with Crippen molar-refractivity contribution >= 4 is 17.3 Å². The van der Waals surface area contributed by atoms with E-state index in [0.29, 0.717) is 4.88 Å². The van der Waals surface area contributed by atoms with Crippen LogP contribution in [0.15, 0.2) is 11.4 Å². The molecule has 0 radical (unpaired) electrons. The van der Waals surface area contributed by atoms with E-state index in [9.17, 15) is 9.90 Å². The van der Waals surface area contributed by atoms with Gasteiger partial charge in [0, 0.05) is 10.4 Å². The molecule has 1 rings (SSSR count). The third kappa shape index (κ3) is 2.12. The first-order chi connectivity index (χ1) is 6.34. The summed E-state index contributed by atoms with van der Waals surface area (Å²) in [4.78, 5) is 11.2. The lowest BCUT2D eigenvalue weighted by atomic mass is 9.96. The van der Waals surface area contributed by atoms with Gasteiger partial charge in [-0.3, -0.25) is 0 Å². The second-order valence-electron chi connectivity index (χ2n) is 3.73. The van der Waals surface area contributed by atoms with Crippen LogP contribution in [0.4, 0.5) is 0 Å². The Bertz CT molecular complexity index is 340.